The predicted molar refractivity (Wildman–Crippen MR) is 87.1 cm³/mol. The van der Waals surface area contributed by atoms with Crippen LogP contribution in [0.2, 0.25) is 0 Å². The lowest BCUT2D eigenvalue weighted by Crippen LogP contribution is -2.37. The van der Waals surface area contributed by atoms with Crippen LogP contribution in [0, 0.1) is 11.8 Å². The monoisotopic (exact) mass is 309 g/mol. The maximum Gasteiger partial charge on any atom is 0.260 e. The van der Waals surface area contributed by atoms with Gasteiger partial charge in [-0.1, -0.05) is 30.3 Å². The molecular weight excluding hydrogens is 290 g/mol. The van der Waals surface area contributed by atoms with Crippen LogP contribution in [0.1, 0.15) is 22.0 Å². The van der Waals surface area contributed by atoms with Gasteiger partial charge in [0.05, 0.1) is 6.04 Å². The zero-order valence-electron chi connectivity index (χ0n) is 12.7. The zero-order chi connectivity index (χ0) is 15.8. The predicted octanol–water partition coefficient (Wildman–Crippen LogP) is 1.41. The van der Waals surface area contributed by atoms with E-state index in [0.29, 0.717) is 18.4 Å². The van der Waals surface area contributed by atoms with Crippen LogP contribution in [0.25, 0.3) is 0 Å². The number of carbonyl (C=O) groups excluding carboxylic acids is 1. The number of rotatable bonds is 2. The Morgan fingerprint density at radius 2 is 1.91 bits per heavy atom. The molecule has 2 aliphatic heterocycles. The second-order valence-electron chi connectivity index (χ2n) is 6.31. The average molecular weight is 309 g/mol. The summed E-state index contributed by atoms with van der Waals surface area (Å²) in [5.74, 6) is 0.686. The molecule has 0 aliphatic carbocycles. The van der Waals surface area contributed by atoms with E-state index in [1.54, 1.807) is 18.3 Å². The van der Waals surface area contributed by atoms with Crippen molar-refractivity contribution in [3.63, 3.8) is 0 Å². The number of benzene rings is 1. The smallest absolute Gasteiger partial charge is 0.260 e. The molecule has 0 radical (unpaired) electrons. The number of pyridine rings is 1. The third kappa shape index (κ3) is 2.37. The molecule has 3 atom stereocenters. The maximum absolute atomic E-state index is 13.0. The summed E-state index contributed by atoms with van der Waals surface area (Å²) in [5, 5.41) is 3.43. The number of amides is 1. The first-order chi connectivity index (χ1) is 11.3. The van der Waals surface area contributed by atoms with Gasteiger partial charge in [0.2, 0.25) is 0 Å². The van der Waals surface area contributed by atoms with Crippen LogP contribution in [-0.4, -0.2) is 35.4 Å². The van der Waals surface area contributed by atoms with Crippen molar-refractivity contribution in [1.82, 2.24) is 15.2 Å². The quantitative estimate of drug-likeness (QED) is 0.881. The van der Waals surface area contributed by atoms with Gasteiger partial charge in [-0.15, -0.1) is 0 Å². The number of nitrogens with zero attached hydrogens (tertiary/aromatic N) is 1. The Hall–Kier alpha value is -2.40. The Labute approximate surface area is 134 Å². The molecule has 1 aromatic carbocycles. The second-order valence-corrected chi connectivity index (χ2v) is 6.31. The van der Waals surface area contributed by atoms with Gasteiger partial charge < -0.3 is 15.2 Å². The van der Waals surface area contributed by atoms with Crippen molar-refractivity contribution in [2.24, 2.45) is 11.8 Å². The number of fused-ring (bicyclic) bond motifs is 1. The van der Waals surface area contributed by atoms with Crippen molar-refractivity contribution < 1.29 is 4.79 Å². The van der Waals surface area contributed by atoms with Crippen LogP contribution >= 0.6 is 0 Å². The molecule has 2 saturated heterocycles. The molecule has 2 N–H and O–H groups in total. The molecule has 0 unspecified atom stereocenters. The third-order valence-electron chi connectivity index (χ3n) is 5.02. The number of hydrogen-bond donors (Lipinski definition) is 2. The van der Waals surface area contributed by atoms with Crippen molar-refractivity contribution >= 4 is 5.91 Å². The highest BCUT2D eigenvalue weighted by Gasteiger charge is 2.47. The van der Waals surface area contributed by atoms with E-state index in [0.717, 1.165) is 18.7 Å². The van der Waals surface area contributed by atoms with Crippen LogP contribution in [0.5, 0.6) is 0 Å². The van der Waals surface area contributed by atoms with Gasteiger partial charge in [0, 0.05) is 31.7 Å². The molecule has 1 aromatic heterocycles. The number of hydrogen-bond acceptors (Lipinski definition) is 3. The summed E-state index contributed by atoms with van der Waals surface area (Å²) in [6.07, 6.45) is 1.55. The summed E-state index contributed by atoms with van der Waals surface area (Å²) in [6, 6.07) is 13.5. The van der Waals surface area contributed by atoms with Gasteiger partial charge in [-0.2, -0.15) is 0 Å². The molecule has 118 valence electrons. The molecule has 4 rings (SSSR count). The van der Waals surface area contributed by atoms with Gasteiger partial charge in [0.1, 0.15) is 5.56 Å². The normalized spacial score (nSPS) is 26.3. The van der Waals surface area contributed by atoms with Gasteiger partial charge in [-0.25, -0.2) is 0 Å². The molecule has 0 saturated carbocycles. The SMILES string of the molecule is O=C(c1ccc[nH]c1=O)N1C[C@@H]2CNC[C@@H]2[C@H]1c1ccccc1. The molecule has 23 heavy (non-hydrogen) atoms. The van der Waals surface area contributed by atoms with Gasteiger partial charge >= 0.3 is 0 Å². The summed E-state index contributed by atoms with van der Waals surface area (Å²) in [4.78, 5) is 29.4. The fourth-order valence-electron chi connectivity index (χ4n) is 3.95. The first-order valence-electron chi connectivity index (χ1n) is 8.00. The van der Waals surface area contributed by atoms with Gasteiger partial charge in [-0.3, -0.25) is 9.59 Å². The van der Waals surface area contributed by atoms with Crippen LogP contribution < -0.4 is 10.9 Å². The van der Waals surface area contributed by atoms with Crippen molar-refractivity contribution in [2.75, 3.05) is 19.6 Å². The summed E-state index contributed by atoms with van der Waals surface area (Å²) in [6.45, 7) is 2.55. The van der Waals surface area contributed by atoms with E-state index in [1.165, 1.54) is 0 Å². The molecule has 2 fully saturated rings. The van der Waals surface area contributed by atoms with E-state index >= 15 is 0 Å². The zero-order valence-corrected chi connectivity index (χ0v) is 12.7. The largest absolute Gasteiger partial charge is 0.331 e. The number of H-pyrrole nitrogens is 1. The Kier molecular flexibility index (Phi) is 3.50. The van der Waals surface area contributed by atoms with E-state index in [2.05, 4.69) is 22.4 Å². The lowest BCUT2D eigenvalue weighted by atomic mass is 9.89. The van der Waals surface area contributed by atoms with Crippen LogP contribution in [0.3, 0.4) is 0 Å². The standard InChI is InChI=1S/C18H19N3O2/c22-17-14(7-4-8-20-17)18(23)21-11-13-9-19-10-15(13)16(21)12-5-2-1-3-6-12/h1-8,13,15-16,19H,9-11H2,(H,20,22)/t13-,15-,16+/m0/s1. The lowest BCUT2D eigenvalue weighted by Gasteiger charge is -2.28. The minimum absolute atomic E-state index is 0.0308. The van der Waals surface area contributed by atoms with Crippen molar-refractivity contribution in [2.45, 2.75) is 6.04 Å². The lowest BCUT2D eigenvalue weighted by molar-refractivity contribution is 0.0712. The van der Waals surface area contributed by atoms with E-state index < -0.39 is 0 Å². The van der Waals surface area contributed by atoms with Crippen LogP contribution in [-0.2, 0) is 0 Å². The highest BCUT2D eigenvalue weighted by molar-refractivity contribution is 5.94. The summed E-state index contributed by atoms with van der Waals surface area (Å²) >= 11 is 0. The number of aromatic nitrogens is 1. The molecular formula is C18H19N3O2. The summed E-state index contributed by atoms with van der Waals surface area (Å²) < 4.78 is 0. The first kappa shape index (κ1) is 14.2. The molecule has 2 aromatic rings. The fraction of sp³-hybridized carbons (Fsp3) is 0.333. The summed E-state index contributed by atoms with van der Waals surface area (Å²) in [5.41, 5.74) is 1.05. The third-order valence-corrected chi connectivity index (χ3v) is 5.02. The molecule has 0 spiro atoms. The van der Waals surface area contributed by atoms with Crippen molar-refractivity contribution in [3.05, 3.63) is 70.1 Å². The van der Waals surface area contributed by atoms with E-state index in [4.69, 9.17) is 0 Å². The maximum atomic E-state index is 13.0. The minimum Gasteiger partial charge on any atom is -0.331 e. The van der Waals surface area contributed by atoms with E-state index in [9.17, 15) is 9.59 Å². The van der Waals surface area contributed by atoms with Gasteiger partial charge in [-0.05, 0) is 23.6 Å². The number of nitrogens with one attached hydrogen (secondary N) is 2. The van der Waals surface area contributed by atoms with Crippen LogP contribution in [0.4, 0.5) is 0 Å². The number of aromatic amines is 1. The van der Waals surface area contributed by atoms with Crippen molar-refractivity contribution in [1.29, 1.82) is 0 Å². The highest BCUT2D eigenvalue weighted by atomic mass is 16.2. The number of carbonyl (C=O) groups is 1. The molecule has 5 nitrogen and oxygen atoms in total. The second kappa shape index (κ2) is 5.66. The highest BCUT2D eigenvalue weighted by Crippen LogP contribution is 2.42. The first-order valence-corrected chi connectivity index (χ1v) is 8.00. The molecule has 1 amide bonds. The van der Waals surface area contributed by atoms with E-state index in [1.807, 2.05) is 23.1 Å². The van der Waals surface area contributed by atoms with Gasteiger partial charge in [0.15, 0.2) is 0 Å². The Bertz CT molecular complexity index is 771. The summed E-state index contributed by atoms with van der Waals surface area (Å²) in [7, 11) is 0. The fourth-order valence-corrected chi connectivity index (χ4v) is 3.95. The Morgan fingerprint density at radius 1 is 1.09 bits per heavy atom. The topological polar surface area (TPSA) is 65.2 Å². The molecule has 2 aliphatic rings. The van der Waals surface area contributed by atoms with Crippen molar-refractivity contribution in [3.8, 4) is 0 Å². The van der Waals surface area contributed by atoms with Gasteiger partial charge in [0.25, 0.3) is 11.5 Å². The molecule has 3 heterocycles. The Balaban J connectivity index is 1.73. The van der Waals surface area contributed by atoms with Crippen LogP contribution in [0.15, 0.2) is 53.5 Å². The van der Waals surface area contributed by atoms with E-state index in [-0.39, 0.29) is 23.1 Å². The number of likely N-dealkylation sites (tertiary alicyclic amines) is 1. The average Bonchev–Trinajstić information content (AvgIpc) is 3.16. The minimum atomic E-state index is -0.320. The molecule has 0 bridgehead atoms. The molecule has 5 heteroatoms. The Morgan fingerprint density at radius 3 is 2.70 bits per heavy atom.